The van der Waals surface area contributed by atoms with E-state index in [1.807, 2.05) is 0 Å². The molecule has 0 saturated heterocycles. The zero-order valence-electron chi connectivity index (χ0n) is 14.2. The van der Waals surface area contributed by atoms with E-state index in [0.29, 0.717) is 5.56 Å². The first-order chi connectivity index (χ1) is 13.1. The van der Waals surface area contributed by atoms with Crippen molar-refractivity contribution in [1.82, 2.24) is 0 Å². The Balaban J connectivity index is 2.12. The van der Waals surface area contributed by atoms with Gasteiger partial charge in [-0.3, -0.25) is 13.9 Å². The summed E-state index contributed by atoms with van der Waals surface area (Å²) in [5.41, 5.74) is 0.777. The molecule has 0 spiro atoms. The van der Waals surface area contributed by atoms with Gasteiger partial charge in [-0.05, 0) is 23.8 Å². The summed E-state index contributed by atoms with van der Waals surface area (Å²) in [7, 11) is -9.08. The normalized spacial score (nSPS) is 11.9. The average molecular weight is 418 g/mol. The van der Waals surface area contributed by atoms with Crippen LogP contribution >= 0.6 is 0 Å². The van der Waals surface area contributed by atoms with E-state index in [4.69, 9.17) is 4.55 Å². The van der Waals surface area contributed by atoms with Gasteiger partial charge in [0, 0.05) is 16.7 Å². The minimum Gasteiger partial charge on any atom is -0.289 e. The van der Waals surface area contributed by atoms with Crippen molar-refractivity contribution in [2.75, 3.05) is 0 Å². The second-order valence-corrected chi connectivity index (χ2v) is 8.69. The van der Waals surface area contributed by atoms with E-state index in [1.165, 1.54) is 24.3 Å². The molecule has 28 heavy (non-hydrogen) atoms. The largest absolute Gasteiger partial charge is 0.295 e. The molecule has 0 heterocycles. The number of carbonyl (C=O) groups is 1. The van der Waals surface area contributed by atoms with E-state index in [1.54, 1.807) is 30.3 Å². The van der Waals surface area contributed by atoms with Crippen LogP contribution in [0.3, 0.4) is 0 Å². The standard InChI is InChI=1S/C19H14O7S2/c20-19(14-4-2-1-3-5-14)15-8-11-17(18(12-15)28(24,25)26)13-6-9-16(10-7-13)27(21,22)23/h1-12H,(H,21,22,23)(H,24,25,26). The molecule has 0 aromatic heterocycles. The molecule has 0 fully saturated rings. The summed E-state index contributed by atoms with van der Waals surface area (Å²) in [6.45, 7) is 0. The quantitative estimate of drug-likeness (QED) is 0.482. The highest BCUT2D eigenvalue weighted by molar-refractivity contribution is 7.86. The number of ketones is 1. The van der Waals surface area contributed by atoms with Crippen LogP contribution in [0.2, 0.25) is 0 Å². The van der Waals surface area contributed by atoms with Crippen LogP contribution in [0, 0.1) is 0 Å². The maximum absolute atomic E-state index is 12.6. The molecule has 0 amide bonds. The minimum atomic E-state index is -4.68. The summed E-state index contributed by atoms with van der Waals surface area (Å²) >= 11 is 0. The summed E-state index contributed by atoms with van der Waals surface area (Å²) in [6, 6.07) is 16.8. The smallest absolute Gasteiger partial charge is 0.289 e. The lowest BCUT2D eigenvalue weighted by atomic mass is 9.99. The van der Waals surface area contributed by atoms with Crippen molar-refractivity contribution in [3.05, 3.63) is 83.9 Å². The predicted octanol–water partition coefficient (Wildman–Crippen LogP) is 3.08. The van der Waals surface area contributed by atoms with Gasteiger partial charge in [-0.2, -0.15) is 16.8 Å². The molecule has 0 aliphatic carbocycles. The molecule has 0 aliphatic rings. The molecule has 7 nitrogen and oxygen atoms in total. The van der Waals surface area contributed by atoms with Crippen LogP contribution in [-0.4, -0.2) is 31.7 Å². The van der Waals surface area contributed by atoms with Gasteiger partial charge < -0.3 is 0 Å². The Kier molecular flexibility index (Phi) is 5.18. The van der Waals surface area contributed by atoms with Crippen molar-refractivity contribution in [3.63, 3.8) is 0 Å². The lowest BCUT2D eigenvalue weighted by Crippen LogP contribution is -2.06. The number of hydrogen-bond donors (Lipinski definition) is 2. The molecule has 144 valence electrons. The van der Waals surface area contributed by atoms with Gasteiger partial charge in [0.15, 0.2) is 5.78 Å². The van der Waals surface area contributed by atoms with Crippen molar-refractivity contribution in [2.45, 2.75) is 9.79 Å². The van der Waals surface area contributed by atoms with Gasteiger partial charge in [-0.15, -0.1) is 0 Å². The zero-order valence-corrected chi connectivity index (χ0v) is 15.8. The SMILES string of the molecule is O=C(c1ccccc1)c1ccc(-c2ccc(S(=O)(=O)O)cc2)c(S(=O)(=O)O)c1. The van der Waals surface area contributed by atoms with Crippen LogP contribution in [0.25, 0.3) is 11.1 Å². The molecule has 3 aromatic carbocycles. The van der Waals surface area contributed by atoms with E-state index < -0.39 is 30.9 Å². The van der Waals surface area contributed by atoms with Crippen LogP contribution in [0.4, 0.5) is 0 Å². The summed E-state index contributed by atoms with van der Waals surface area (Å²) in [4.78, 5) is 11.7. The van der Waals surface area contributed by atoms with E-state index in [0.717, 1.165) is 18.2 Å². The van der Waals surface area contributed by atoms with Crippen LogP contribution in [0.1, 0.15) is 15.9 Å². The number of carbonyl (C=O) groups excluding carboxylic acids is 1. The summed E-state index contributed by atoms with van der Waals surface area (Å²) < 4.78 is 64.7. The highest BCUT2D eigenvalue weighted by atomic mass is 32.2. The van der Waals surface area contributed by atoms with E-state index in [-0.39, 0.29) is 21.6 Å². The highest BCUT2D eigenvalue weighted by Gasteiger charge is 2.20. The molecule has 0 atom stereocenters. The van der Waals surface area contributed by atoms with Gasteiger partial charge in [-0.25, -0.2) is 0 Å². The molecule has 2 N–H and O–H groups in total. The first-order valence-electron chi connectivity index (χ1n) is 7.86. The molecule has 0 aliphatic heterocycles. The first kappa shape index (κ1) is 19.9. The van der Waals surface area contributed by atoms with Crippen LogP contribution < -0.4 is 0 Å². The van der Waals surface area contributed by atoms with Crippen molar-refractivity contribution < 1.29 is 30.7 Å². The van der Waals surface area contributed by atoms with Crippen molar-refractivity contribution in [1.29, 1.82) is 0 Å². The first-order valence-corrected chi connectivity index (χ1v) is 10.7. The predicted molar refractivity (Wildman–Crippen MR) is 101 cm³/mol. The van der Waals surface area contributed by atoms with Crippen molar-refractivity contribution in [3.8, 4) is 11.1 Å². The van der Waals surface area contributed by atoms with Gasteiger partial charge in [0.25, 0.3) is 20.2 Å². The molecular weight excluding hydrogens is 404 g/mol. The lowest BCUT2D eigenvalue weighted by Gasteiger charge is -2.10. The van der Waals surface area contributed by atoms with Crippen molar-refractivity contribution >= 4 is 26.0 Å². The Labute approximate surface area is 161 Å². The summed E-state index contributed by atoms with van der Waals surface area (Å²) in [5.74, 6) is -0.418. The molecule has 0 bridgehead atoms. The summed E-state index contributed by atoms with van der Waals surface area (Å²) in [6.07, 6.45) is 0. The molecule has 0 unspecified atom stereocenters. The highest BCUT2D eigenvalue weighted by Crippen LogP contribution is 2.30. The van der Waals surface area contributed by atoms with Crippen LogP contribution in [0.5, 0.6) is 0 Å². The van der Waals surface area contributed by atoms with Gasteiger partial charge in [-0.1, -0.05) is 54.6 Å². The monoisotopic (exact) mass is 418 g/mol. The van der Waals surface area contributed by atoms with E-state index in [9.17, 15) is 26.2 Å². The molecular formula is C19H14O7S2. The fourth-order valence-corrected chi connectivity index (χ4v) is 3.90. The third-order valence-electron chi connectivity index (χ3n) is 4.02. The topological polar surface area (TPSA) is 126 Å². The van der Waals surface area contributed by atoms with Gasteiger partial charge >= 0.3 is 0 Å². The zero-order chi connectivity index (χ0) is 20.5. The average Bonchev–Trinajstić information content (AvgIpc) is 2.66. The fourth-order valence-electron chi connectivity index (χ4n) is 2.68. The Morgan fingerprint density at radius 1 is 0.679 bits per heavy atom. The third-order valence-corrected chi connectivity index (χ3v) is 5.78. The minimum absolute atomic E-state index is 0.0668. The second-order valence-electron chi connectivity index (χ2n) is 5.88. The maximum atomic E-state index is 12.6. The second kappa shape index (κ2) is 7.28. The number of benzene rings is 3. The van der Waals surface area contributed by atoms with Crippen LogP contribution in [0.15, 0.2) is 82.6 Å². The Morgan fingerprint density at radius 2 is 1.29 bits per heavy atom. The van der Waals surface area contributed by atoms with Gasteiger partial charge in [0.1, 0.15) is 4.90 Å². The molecule has 9 heteroatoms. The fraction of sp³-hybridized carbons (Fsp3) is 0. The van der Waals surface area contributed by atoms with Gasteiger partial charge in [0.05, 0.1) is 4.90 Å². The van der Waals surface area contributed by atoms with Crippen LogP contribution in [-0.2, 0) is 20.2 Å². The lowest BCUT2D eigenvalue weighted by molar-refractivity contribution is 0.103. The number of hydrogen-bond acceptors (Lipinski definition) is 5. The van der Waals surface area contributed by atoms with E-state index in [2.05, 4.69) is 0 Å². The molecule has 0 saturated carbocycles. The third kappa shape index (κ3) is 4.18. The summed E-state index contributed by atoms with van der Waals surface area (Å²) in [5, 5.41) is 0. The number of rotatable bonds is 5. The maximum Gasteiger partial charge on any atom is 0.295 e. The Hall–Kier alpha value is -2.85. The molecule has 3 rings (SSSR count). The van der Waals surface area contributed by atoms with E-state index >= 15 is 0 Å². The molecule has 3 aromatic rings. The Bertz CT molecular complexity index is 1250. The van der Waals surface area contributed by atoms with Gasteiger partial charge in [0.2, 0.25) is 0 Å². The van der Waals surface area contributed by atoms with Crippen molar-refractivity contribution in [2.24, 2.45) is 0 Å². The molecule has 0 radical (unpaired) electrons. The Morgan fingerprint density at radius 3 is 1.82 bits per heavy atom.